The molecule has 1 heterocycles. The Balaban J connectivity index is 1.61. The maximum Gasteiger partial charge on any atom is 0.322 e. The van der Waals surface area contributed by atoms with Crippen LogP contribution in [0.5, 0.6) is 0 Å². The summed E-state index contributed by atoms with van der Waals surface area (Å²) < 4.78 is 29.7. The summed E-state index contributed by atoms with van der Waals surface area (Å²) in [7, 11) is -3.50. The Morgan fingerprint density at radius 2 is 1.75 bits per heavy atom. The number of hydrogen-bond donors (Lipinski definition) is 1. The van der Waals surface area contributed by atoms with Crippen molar-refractivity contribution < 1.29 is 22.6 Å². The average molecular weight is 402 g/mol. The van der Waals surface area contributed by atoms with Gasteiger partial charge in [0.2, 0.25) is 5.89 Å². The third-order valence-corrected chi connectivity index (χ3v) is 5.45. The number of aromatic nitrogens is 2. The van der Waals surface area contributed by atoms with Gasteiger partial charge in [0.05, 0.1) is 15.6 Å². The number of non-ortho nitro benzene ring substituents is 1. The van der Waals surface area contributed by atoms with Crippen LogP contribution in [0.25, 0.3) is 0 Å². The van der Waals surface area contributed by atoms with Gasteiger partial charge in [-0.05, 0) is 24.3 Å². The van der Waals surface area contributed by atoms with Crippen molar-refractivity contribution in [3.8, 4) is 0 Å². The van der Waals surface area contributed by atoms with Crippen LogP contribution in [0.1, 0.15) is 16.2 Å². The van der Waals surface area contributed by atoms with Gasteiger partial charge in [-0.1, -0.05) is 23.3 Å². The zero-order chi connectivity index (χ0) is 20.1. The summed E-state index contributed by atoms with van der Waals surface area (Å²) in [6.07, 6.45) is -0.0162. The summed E-state index contributed by atoms with van der Waals surface area (Å²) in [5, 5.41) is 20.3. The van der Waals surface area contributed by atoms with Gasteiger partial charge < -0.3 is 4.42 Å². The van der Waals surface area contributed by atoms with Gasteiger partial charge in [-0.3, -0.25) is 20.2 Å². The van der Waals surface area contributed by atoms with Crippen molar-refractivity contribution in [2.75, 3.05) is 11.1 Å². The molecule has 0 aliphatic heterocycles. The first-order chi connectivity index (χ1) is 13.3. The third-order valence-electron chi connectivity index (χ3n) is 3.71. The molecule has 1 amide bonds. The molecule has 10 nitrogen and oxygen atoms in total. The third kappa shape index (κ3) is 4.57. The first kappa shape index (κ1) is 19.2. The second kappa shape index (κ2) is 7.96. The van der Waals surface area contributed by atoms with Crippen LogP contribution in [0.3, 0.4) is 0 Å². The maximum absolute atomic E-state index is 12.2. The molecule has 0 unspecified atom stereocenters. The van der Waals surface area contributed by atoms with Crippen molar-refractivity contribution >= 4 is 27.4 Å². The predicted octanol–water partition coefficient (Wildman–Crippen LogP) is 2.25. The Morgan fingerprint density at radius 3 is 2.39 bits per heavy atom. The Bertz CT molecular complexity index is 1090. The van der Waals surface area contributed by atoms with Gasteiger partial charge in [0, 0.05) is 24.1 Å². The molecule has 0 aliphatic carbocycles. The number of nitro benzene ring substituents is 1. The summed E-state index contributed by atoms with van der Waals surface area (Å²) in [5.74, 6) is -0.768. The smallest absolute Gasteiger partial charge is 0.322 e. The van der Waals surface area contributed by atoms with Crippen LogP contribution in [0, 0.1) is 10.1 Å². The highest BCUT2D eigenvalue weighted by atomic mass is 32.2. The van der Waals surface area contributed by atoms with Crippen molar-refractivity contribution in [2.45, 2.75) is 11.3 Å². The lowest BCUT2D eigenvalue weighted by Gasteiger charge is -2.02. The molecule has 2 aromatic carbocycles. The van der Waals surface area contributed by atoms with Gasteiger partial charge in [0.1, 0.15) is 0 Å². The number of benzene rings is 2. The number of aryl methyl sites for hydroxylation is 1. The van der Waals surface area contributed by atoms with E-state index in [0.29, 0.717) is 0 Å². The van der Waals surface area contributed by atoms with Crippen LogP contribution in [-0.2, 0) is 16.3 Å². The van der Waals surface area contributed by atoms with E-state index in [-0.39, 0.29) is 40.2 Å². The lowest BCUT2D eigenvalue weighted by molar-refractivity contribution is -0.384. The van der Waals surface area contributed by atoms with Crippen molar-refractivity contribution in [3.05, 3.63) is 76.2 Å². The number of carbonyl (C=O) groups is 1. The van der Waals surface area contributed by atoms with Crippen LogP contribution < -0.4 is 5.32 Å². The Hall–Kier alpha value is -3.60. The SMILES string of the molecule is O=C(Nc1nnc(CCS(=O)(=O)c2ccccc2)o1)c1ccc([N+](=O)[O-])cc1. The summed E-state index contributed by atoms with van der Waals surface area (Å²) in [6.45, 7) is 0. The van der Waals surface area contributed by atoms with Crippen molar-refractivity contribution in [3.63, 3.8) is 0 Å². The minimum absolute atomic E-state index is 0.0162. The highest BCUT2D eigenvalue weighted by Gasteiger charge is 2.17. The van der Waals surface area contributed by atoms with Crippen molar-refractivity contribution in [1.82, 2.24) is 10.2 Å². The monoisotopic (exact) mass is 402 g/mol. The molecular weight excluding hydrogens is 388 g/mol. The second-order valence-corrected chi connectivity index (χ2v) is 7.75. The molecule has 3 aromatic rings. The number of anilines is 1. The van der Waals surface area contributed by atoms with Crippen LogP contribution in [0.4, 0.5) is 11.7 Å². The van der Waals surface area contributed by atoms with Crippen molar-refractivity contribution in [2.24, 2.45) is 0 Å². The lowest BCUT2D eigenvalue weighted by Crippen LogP contribution is -2.12. The van der Waals surface area contributed by atoms with Gasteiger partial charge in [0.15, 0.2) is 9.84 Å². The van der Waals surface area contributed by atoms with E-state index in [2.05, 4.69) is 15.5 Å². The Morgan fingerprint density at radius 1 is 1.07 bits per heavy atom. The number of amides is 1. The van der Waals surface area contributed by atoms with E-state index >= 15 is 0 Å². The topological polar surface area (TPSA) is 145 Å². The molecule has 144 valence electrons. The second-order valence-electron chi connectivity index (χ2n) is 5.64. The fraction of sp³-hybridized carbons (Fsp3) is 0.118. The zero-order valence-electron chi connectivity index (χ0n) is 14.3. The Kier molecular flexibility index (Phi) is 5.45. The fourth-order valence-corrected chi connectivity index (χ4v) is 3.53. The van der Waals surface area contributed by atoms with Gasteiger partial charge >= 0.3 is 6.01 Å². The molecule has 0 saturated carbocycles. The van der Waals surface area contributed by atoms with Gasteiger partial charge in [-0.15, -0.1) is 5.10 Å². The molecule has 0 saturated heterocycles. The van der Waals surface area contributed by atoms with E-state index in [4.69, 9.17) is 4.42 Å². The molecule has 0 bridgehead atoms. The molecule has 0 fully saturated rings. The molecule has 11 heteroatoms. The summed E-state index contributed by atoms with van der Waals surface area (Å²) in [4.78, 5) is 22.4. The highest BCUT2D eigenvalue weighted by molar-refractivity contribution is 7.91. The zero-order valence-corrected chi connectivity index (χ0v) is 15.1. The largest absolute Gasteiger partial charge is 0.408 e. The minimum atomic E-state index is -3.50. The standard InChI is InChI=1S/C17H14N4O6S/c22-16(12-6-8-13(9-7-12)21(23)24)18-17-20-19-15(27-17)10-11-28(25,26)14-4-2-1-3-5-14/h1-9H,10-11H2,(H,18,20,22). The molecule has 28 heavy (non-hydrogen) atoms. The van der Waals surface area contributed by atoms with Gasteiger partial charge in [-0.2, -0.15) is 0 Å². The van der Waals surface area contributed by atoms with E-state index < -0.39 is 20.7 Å². The number of carbonyl (C=O) groups excluding carboxylic acids is 1. The summed E-state index contributed by atoms with van der Waals surface area (Å²) in [6, 6.07) is 12.8. The molecule has 0 spiro atoms. The van der Waals surface area contributed by atoms with E-state index in [0.717, 1.165) is 0 Å². The van der Waals surface area contributed by atoms with E-state index in [1.165, 1.54) is 36.4 Å². The predicted molar refractivity (Wildman–Crippen MR) is 97.5 cm³/mol. The van der Waals surface area contributed by atoms with Gasteiger partial charge in [-0.25, -0.2) is 8.42 Å². The fourth-order valence-electron chi connectivity index (χ4n) is 2.28. The minimum Gasteiger partial charge on any atom is -0.408 e. The summed E-state index contributed by atoms with van der Waals surface area (Å²) >= 11 is 0. The molecule has 1 aromatic heterocycles. The number of sulfone groups is 1. The maximum atomic E-state index is 12.2. The first-order valence-electron chi connectivity index (χ1n) is 8.01. The van der Waals surface area contributed by atoms with Crippen LogP contribution in [-0.4, -0.2) is 35.2 Å². The van der Waals surface area contributed by atoms with E-state index in [9.17, 15) is 23.3 Å². The quantitative estimate of drug-likeness (QED) is 0.468. The molecule has 0 aliphatic rings. The van der Waals surface area contributed by atoms with Crippen LogP contribution in [0.2, 0.25) is 0 Å². The first-order valence-corrected chi connectivity index (χ1v) is 9.66. The van der Waals surface area contributed by atoms with Crippen molar-refractivity contribution in [1.29, 1.82) is 0 Å². The number of nitro groups is 1. The number of nitrogens with zero attached hydrogens (tertiary/aromatic N) is 3. The van der Waals surface area contributed by atoms with E-state index in [1.807, 2.05) is 0 Å². The molecule has 0 radical (unpaired) electrons. The number of rotatable bonds is 7. The average Bonchev–Trinajstić information content (AvgIpc) is 3.14. The lowest BCUT2D eigenvalue weighted by atomic mass is 10.2. The molecular formula is C17H14N4O6S. The normalized spacial score (nSPS) is 11.1. The number of nitrogens with one attached hydrogen (secondary N) is 1. The number of hydrogen-bond acceptors (Lipinski definition) is 8. The Labute approximate surface area is 159 Å². The molecule has 1 N–H and O–H groups in total. The molecule has 0 atom stereocenters. The van der Waals surface area contributed by atoms with E-state index in [1.54, 1.807) is 18.2 Å². The highest BCUT2D eigenvalue weighted by Crippen LogP contribution is 2.15. The van der Waals surface area contributed by atoms with Crippen LogP contribution in [0.15, 0.2) is 63.9 Å². The van der Waals surface area contributed by atoms with Crippen LogP contribution >= 0.6 is 0 Å². The summed E-state index contributed by atoms with van der Waals surface area (Å²) in [5.41, 5.74) is 0.0215. The molecule has 3 rings (SSSR count). The van der Waals surface area contributed by atoms with Gasteiger partial charge in [0.25, 0.3) is 11.6 Å².